The monoisotopic (exact) mass is 318 g/mol. The lowest BCUT2D eigenvalue weighted by atomic mass is 10.2. The Hall–Kier alpha value is -1.85. The van der Waals surface area contributed by atoms with Gasteiger partial charge in [0, 0.05) is 30.9 Å². The molecule has 0 unspecified atom stereocenters. The fraction of sp³-hybridized carbons (Fsp3) is 0.375. The molecule has 3 rings (SSSR count). The van der Waals surface area contributed by atoms with Gasteiger partial charge in [0.2, 0.25) is 5.91 Å². The van der Waals surface area contributed by atoms with Gasteiger partial charge >= 0.3 is 0 Å². The molecule has 1 amide bonds. The van der Waals surface area contributed by atoms with Crippen LogP contribution in [0.2, 0.25) is 5.02 Å². The molecule has 2 heterocycles. The molecule has 1 aliphatic rings. The first-order valence-corrected chi connectivity index (χ1v) is 7.83. The number of aromatic nitrogens is 2. The molecular weight excluding hydrogens is 300 g/mol. The number of halogens is 1. The molecule has 1 N–H and O–H groups in total. The van der Waals surface area contributed by atoms with Crippen molar-refractivity contribution >= 4 is 17.5 Å². The summed E-state index contributed by atoms with van der Waals surface area (Å²) in [6.07, 6.45) is 2.90. The molecule has 1 aromatic carbocycles. The van der Waals surface area contributed by atoms with Crippen molar-refractivity contribution in [1.82, 2.24) is 20.0 Å². The van der Waals surface area contributed by atoms with Crippen molar-refractivity contribution in [3.05, 3.63) is 47.2 Å². The lowest BCUT2D eigenvalue weighted by molar-refractivity contribution is -0.125. The smallest absolute Gasteiger partial charge is 0.237 e. The van der Waals surface area contributed by atoms with E-state index >= 15 is 0 Å². The van der Waals surface area contributed by atoms with E-state index < -0.39 is 0 Å². The van der Waals surface area contributed by atoms with Crippen LogP contribution < -0.4 is 5.32 Å². The Bertz CT molecular complexity index is 652. The number of carbonyl (C=O) groups is 1. The van der Waals surface area contributed by atoms with Crippen LogP contribution in [0.3, 0.4) is 0 Å². The molecule has 0 aliphatic carbocycles. The molecule has 0 saturated carbocycles. The lowest BCUT2D eigenvalue weighted by Crippen LogP contribution is -2.41. The van der Waals surface area contributed by atoms with E-state index in [2.05, 4.69) is 15.3 Å². The average molecular weight is 319 g/mol. The molecule has 1 atom stereocenters. The quantitative estimate of drug-likeness (QED) is 0.944. The third-order valence-electron chi connectivity index (χ3n) is 3.95. The Kier molecular flexibility index (Phi) is 4.45. The average Bonchev–Trinajstić information content (AvgIpc) is 2.92. The number of benzene rings is 1. The molecule has 1 saturated heterocycles. The number of rotatable bonds is 3. The molecule has 6 heteroatoms. The van der Waals surface area contributed by atoms with Crippen molar-refractivity contribution in [2.75, 3.05) is 13.1 Å². The van der Waals surface area contributed by atoms with Crippen molar-refractivity contribution in [2.24, 2.45) is 0 Å². The zero-order chi connectivity index (χ0) is 15.5. The summed E-state index contributed by atoms with van der Waals surface area (Å²) < 4.78 is 1.83. The van der Waals surface area contributed by atoms with Crippen LogP contribution in [0.4, 0.5) is 0 Å². The Morgan fingerprint density at radius 2 is 2.09 bits per heavy atom. The standard InChI is InChI=1S/C16H19ClN4O/c1-12-16(22)18-8-2-9-20(12)11-14-7-10-21(19-14)15-5-3-13(17)4-6-15/h3-7,10,12H,2,8-9,11H2,1H3,(H,18,22)/t12-/m0/s1. The number of hydrogen-bond acceptors (Lipinski definition) is 3. The van der Waals surface area contributed by atoms with Gasteiger partial charge in [-0.2, -0.15) is 5.10 Å². The molecule has 1 aliphatic heterocycles. The van der Waals surface area contributed by atoms with Gasteiger partial charge in [0.25, 0.3) is 0 Å². The molecular formula is C16H19ClN4O. The van der Waals surface area contributed by atoms with Crippen LogP contribution in [0.1, 0.15) is 19.0 Å². The van der Waals surface area contributed by atoms with Crippen LogP contribution >= 0.6 is 11.6 Å². The van der Waals surface area contributed by atoms with Gasteiger partial charge in [0.1, 0.15) is 0 Å². The van der Waals surface area contributed by atoms with Crippen molar-refractivity contribution in [2.45, 2.75) is 25.9 Å². The molecule has 1 fully saturated rings. The first kappa shape index (κ1) is 15.1. The summed E-state index contributed by atoms with van der Waals surface area (Å²) in [6, 6.07) is 9.42. The summed E-state index contributed by atoms with van der Waals surface area (Å²) in [7, 11) is 0. The van der Waals surface area contributed by atoms with Crippen LogP contribution in [-0.2, 0) is 11.3 Å². The summed E-state index contributed by atoms with van der Waals surface area (Å²) in [5.74, 6) is 0.0923. The Balaban J connectivity index is 1.73. The minimum atomic E-state index is -0.122. The number of carbonyl (C=O) groups excluding carboxylic acids is 1. The van der Waals surface area contributed by atoms with Gasteiger partial charge < -0.3 is 5.32 Å². The van der Waals surface area contributed by atoms with E-state index in [-0.39, 0.29) is 11.9 Å². The molecule has 1 aromatic heterocycles. The minimum absolute atomic E-state index is 0.0923. The molecule has 5 nitrogen and oxygen atoms in total. The Morgan fingerprint density at radius 1 is 1.32 bits per heavy atom. The van der Waals surface area contributed by atoms with Crippen LogP contribution in [0, 0.1) is 0 Å². The summed E-state index contributed by atoms with van der Waals surface area (Å²) in [5.41, 5.74) is 1.92. The van der Waals surface area contributed by atoms with Gasteiger partial charge in [0.05, 0.1) is 17.4 Å². The maximum Gasteiger partial charge on any atom is 0.237 e. The predicted molar refractivity (Wildman–Crippen MR) is 86.1 cm³/mol. The molecule has 2 aromatic rings. The van der Waals surface area contributed by atoms with E-state index in [4.69, 9.17) is 11.6 Å². The van der Waals surface area contributed by atoms with Gasteiger partial charge in [-0.25, -0.2) is 4.68 Å². The number of amides is 1. The fourth-order valence-electron chi connectivity index (χ4n) is 2.61. The topological polar surface area (TPSA) is 50.2 Å². The van der Waals surface area contributed by atoms with E-state index in [1.165, 1.54) is 0 Å². The van der Waals surface area contributed by atoms with Crippen LogP contribution in [0.25, 0.3) is 5.69 Å². The van der Waals surface area contributed by atoms with E-state index in [9.17, 15) is 4.79 Å². The van der Waals surface area contributed by atoms with Crippen LogP contribution in [-0.4, -0.2) is 39.7 Å². The second kappa shape index (κ2) is 6.50. The zero-order valence-electron chi connectivity index (χ0n) is 12.5. The highest BCUT2D eigenvalue weighted by molar-refractivity contribution is 6.30. The van der Waals surface area contributed by atoms with Crippen LogP contribution in [0.5, 0.6) is 0 Å². The van der Waals surface area contributed by atoms with Crippen molar-refractivity contribution in [1.29, 1.82) is 0 Å². The molecule has 0 spiro atoms. The summed E-state index contributed by atoms with van der Waals surface area (Å²) in [4.78, 5) is 14.0. The van der Waals surface area contributed by atoms with Crippen molar-refractivity contribution in [3.8, 4) is 5.69 Å². The van der Waals surface area contributed by atoms with E-state index in [0.29, 0.717) is 11.6 Å². The number of nitrogens with zero attached hydrogens (tertiary/aromatic N) is 3. The Morgan fingerprint density at radius 3 is 2.86 bits per heavy atom. The third-order valence-corrected chi connectivity index (χ3v) is 4.20. The van der Waals surface area contributed by atoms with Gasteiger partial charge in [-0.1, -0.05) is 11.6 Å². The zero-order valence-corrected chi connectivity index (χ0v) is 13.3. The number of hydrogen-bond donors (Lipinski definition) is 1. The van der Waals surface area contributed by atoms with E-state index in [0.717, 1.165) is 30.9 Å². The largest absolute Gasteiger partial charge is 0.355 e. The first-order chi connectivity index (χ1) is 10.6. The predicted octanol–water partition coefficient (Wildman–Crippen LogP) is 2.24. The molecule has 0 radical (unpaired) electrons. The van der Waals surface area contributed by atoms with E-state index in [1.54, 1.807) is 0 Å². The van der Waals surface area contributed by atoms with E-state index in [1.807, 2.05) is 48.1 Å². The Labute approximate surface area is 134 Å². The highest BCUT2D eigenvalue weighted by atomic mass is 35.5. The van der Waals surface area contributed by atoms with Crippen molar-refractivity contribution < 1.29 is 4.79 Å². The van der Waals surface area contributed by atoms with Gasteiger partial charge in [-0.3, -0.25) is 9.69 Å². The summed E-state index contributed by atoms with van der Waals surface area (Å²) in [6.45, 7) is 4.26. The normalized spacial score (nSPS) is 19.7. The SMILES string of the molecule is C[C@H]1C(=O)NCCCN1Cc1ccn(-c2ccc(Cl)cc2)n1. The summed E-state index contributed by atoms with van der Waals surface area (Å²) in [5, 5.41) is 8.23. The highest BCUT2D eigenvalue weighted by Gasteiger charge is 2.24. The summed E-state index contributed by atoms with van der Waals surface area (Å²) >= 11 is 5.90. The first-order valence-electron chi connectivity index (χ1n) is 7.46. The van der Waals surface area contributed by atoms with Gasteiger partial charge in [-0.15, -0.1) is 0 Å². The fourth-order valence-corrected chi connectivity index (χ4v) is 2.73. The molecule has 0 bridgehead atoms. The highest BCUT2D eigenvalue weighted by Crippen LogP contribution is 2.15. The second-order valence-electron chi connectivity index (χ2n) is 5.52. The minimum Gasteiger partial charge on any atom is -0.355 e. The number of nitrogens with one attached hydrogen (secondary N) is 1. The molecule has 116 valence electrons. The maximum atomic E-state index is 11.9. The van der Waals surface area contributed by atoms with Gasteiger partial charge in [-0.05, 0) is 43.7 Å². The van der Waals surface area contributed by atoms with Crippen LogP contribution in [0.15, 0.2) is 36.5 Å². The van der Waals surface area contributed by atoms with Gasteiger partial charge in [0.15, 0.2) is 0 Å². The molecule has 22 heavy (non-hydrogen) atoms. The van der Waals surface area contributed by atoms with Crippen molar-refractivity contribution in [3.63, 3.8) is 0 Å². The third kappa shape index (κ3) is 3.31. The maximum absolute atomic E-state index is 11.9. The lowest BCUT2D eigenvalue weighted by Gasteiger charge is -2.24. The second-order valence-corrected chi connectivity index (χ2v) is 5.96.